The maximum absolute atomic E-state index is 12.5. The lowest BCUT2D eigenvalue weighted by Gasteiger charge is -2.09. The van der Waals surface area contributed by atoms with Crippen molar-refractivity contribution < 1.29 is 14.3 Å². The number of anilines is 1. The molecule has 0 atom stereocenters. The monoisotopic (exact) mass is 400 g/mol. The maximum Gasteiger partial charge on any atom is 0.268 e. The molecule has 28 heavy (non-hydrogen) atoms. The highest BCUT2D eigenvalue weighted by Gasteiger charge is 2.16. The van der Waals surface area contributed by atoms with Crippen molar-refractivity contribution >= 4 is 28.5 Å². The molecule has 2 aromatic rings. The Hall–Kier alpha value is -2.92. The molecular formula is C20H24N4O3S. The fourth-order valence-corrected chi connectivity index (χ4v) is 3.62. The topological polar surface area (TPSA) is 97.1 Å². The molecule has 2 rings (SSSR count). The number of carbonyl (C=O) groups excluding carboxylic acids is 1. The molecule has 0 aliphatic carbocycles. The van der Waals surface area contributed by atoms with Gasteiger partial charge in [0, 0.05) is 5.92 Å². The second kappa shape index (κ2) is 10.4. The average molecular weight is 401 g/mol. The molecule has 0 radical (unpaired) electrons. The van der Waals surface area contributed by atoms with Gasteiger partial charge in [-0.25, -0.2) is 0 Å². The summed E-state index contributed by atoms with van der Waals surface area (Å²) in [5, 5.41) is 21.5. The standard InChI is InChI=1S/C20H24N4O3S/c1-5-14(6-2)19-23-24-20(28-19)22-18(25)15(12-21)10-13-8-9-16(27-7-3)17(11-13)26-4/h8-11,14H,5-7H2,1-4H3,(H,22,24,25)/b15-10+. The number of amides is 1. The van der Waals surface area contributed by atoms with E-state index in [0.29, 0.717) is 34.7 Å². The number of aromatic nitrogens is 2. The van der Waals surface area contributed by atoms with Crippen LogP contribution >= 0.6 is 11.3 Å². The highest BCUT2D eigenvalue weighted by Crippen LogP contribution is 2.30. The first kappa shape index (κ1) is 21.4. The molecule has 0 unspecified atom stereocenters. The molecule has 1 N–H and O–H groups in total. The van der Waals surface area contributed by atoms with E-state index in [1.807, 2.05) is 13.0 Å². The average Bonchev–Trinajstić information content (AvgIpc) is 3.16. The van der Waals surface area contributed by atoms with E-state index < -0.39 is 5.91 Å². The molecule has 0 saturated heterocycles. The Morgan fingerprint density at radius 3 is 2.64 bits per heavy atom. The van der Waals surface area contributed by atoms with E-state index in [1.54, 1.807) is 18.2 Å². The summed E-state index contributed by atoms with van der Waals surface area (Å²) in [5.74, 6) is 0.938. The van der Waals surface area contributed by atoms with Crippen LogP contribution in [0.4, 0.5) is 5.13 Å². The van der Waals surface area contributed by atoms with E-state index >= 15 is 0 Å². The van der Waals surface area contributed by atoms with Crippen molar-refractivity contribution in [1.82, 2.24) is 10.2 Å². The third-order valence-corrected chi connectivity index (χ3v) is 5.16. The van der Waals surface area contributed by atoms with Gasteiger partial charge in [-0.3, -0.25) is 10.1 Å². The summed E-state index contributed by atoms with van der Waals surface area (Å²) in [6, 6.07) is 7.15. The van der Waals surface area contributed by atoms with Crippen molar-refractivity contribution in [3.63, 3.8) is 0 Å². The number of nitrogens with zero attached hydrogens (tertiary/aromatic N) is 3. The van der Waals surface area contributed by atoms with E-state index in [0.717, 1.165) is 17.8 Å². The number of hydrogen-bond acceptors (Lipinski definition) is 7. The largest absolute Gasteiger partial charge is 0.493 e. The lowest BCUT2D eigenvalue weighted by molar-refractivity contribution is -0.112. The summed E-state index contributed by atoms with van der Waals surface area (Å²) in [7, 11) is 1.54. The van der Waals surface area contributed by atoms with Crippen LogP contribution in [0.25, 0.3) is 6.08 Å². The van der Waals surface area contributed by atoms with Crippen LogP contribution in [0, 0.1) is 11.3 Å². The lowest BCUT2D eigenvalue weighted by atomic mass is 10.1. The second-order valence-corrected chi connectivity index (χ2v) is 6.94. The fourth-order valence-electron chi connectivity index (χ4n) is 2.62. The molecule has 1 amide bonds. The Balaban J connectivity index is 2.18. The van der Waals surface area contributed by atoms with Gasteiger partial charge in [0.05, 0.1) is 13.7 Å². The Morgan fingerprint density at radius 2 is 2.04 bits per heavy atom. The first-order valence-electron chi connectivity index (χ1n) is 9.13. The molecule has 148 valence electrons. The van der Waals surface area contributed by atoms with E-state index in [2.05, 4.69) is 29.4 Å². The molecule has 1 aromatic heterocycles. The Morgan fingerprint density at radius 1 is 1.29 bits per heavy atom. The smallest absolute Gasteiger partial charge is 0.268 e. The number of hydrogen-bond donors (Lipinski definition) is 1. The minimum atomic E-state index is -0.525. The minimum absolute atomic E-state index is 0.0366. The quantitative estimate of drug-likeness (QED) is 0.495. The highest BCUT2D eigenvalue weighted by molar-refractivity contribution is 7.15. The number of rotatable bonds is 9. The summed E-state index contributed by atoms with van der Waals surface area (Å²) in [4.78, 5) is 12.5. The molecule has 0 aliphatic heterocycles. The molecule has 0 bridgehead atoms. The maximum atomic E-state index is 12.5. The van der Waals surface area contributed by atoms with Crippen molar-refractivity contribution in [2.75, 3.05) is 19.0 Å². The van der Waals surface area contributed by atoms with E-state index in [4.69, 9.17) is 9.47 Å². The Bertz CT molecular complexity index is 882. The summed E-state index contributed by atoms with van der Waals surface area (Å²) >= 11 is 1.34. The molecule has 0 spiro atoms. The van der Waals surface area contributed by atoms with Crippen molar-refractivity contribution in [1.29, 1.82) is 5.26 Å². The van der Waals surface area contributed by atoms with Gasteiger partial charge in [0.1, 0.15) is 16.6 Å². The van der Waals surface area contributed by atoms with Crippen molar-refractivity contribution in [2.45, 2.75) is 39.5 Å². The van der Waals surface area contributed by atoms with Gasteiger partial charge in [0.2, 0.25) is 5.13 Å². The van der Waals surface area contributed by atoms with Gasteiger partial charge < -0.3 is 9.47 Å². The zero-order valence-corrected chi connectivity index (χ0v) is 17.3. The third kappa shape index (κ3) is 5.30. The predicted octanol–water partition coefficient (Wildman–Crippen LogP) is 4.39. The van der Waals surface area contributed by atoms with Crippen LogP contribution in [0.2, 0.25) is 0 Å². The van der Waals surface area contributed by atoms with E-state index in [9.17, 15) is 10.1 Å². The first-order chi connectivity index (χ1) is 13.6. The third-order valence-electron chi connectivity index (χ3n) is 4.16. The number of methoxy groups -OCH3 is 1. The molecule has 1 aromatic carbocycles. The normalized spacial score (nSPS) is 11.2. The zero-order valence-electron chi connectivity index (χ0n) is 16.5. The van der Waals surface area contributed by atoms with E-state index in [-0.39, 0.29) is 5.57 Å². The second-order valence-electron chi connectivity index (χ2n) is 5.93. The number of benzene rings is 1. The van der Waals surface area contributed by atoms with Crippen molar-refractivity contribution in [3.05, 3.63) is 34.3 Å². The number of ether oxygens (including phenoxy) is 2. The van der Waals surface area contributed by atoms with Gasteiger partial charge >= 0.3 is 0 Å². The van der Waals surface area contributed by atoms with Crippen LogP contribution in [0.15, 0.2) is 23.8 Å². The van der Waals surface area contributed by atoms with Crippen LogP contribution in [-0.4, -0.2) is 29.8 Å². The predicted molar refractivity (Wildman–Crippen MR) is 110 cm³/mol. The molecule has 0 saturated carbocycles. The molecular weight excluding hydrogens is 376 g/mol. The molecule has 7 nitrogen and oxygen atoms in total. The SMILES string of the molecule is CCOc1ccc(/C=C(\C#N)C(=O)Nc2nnc(C(CC)CC)s2)cc1OC. The van der Waals surface area contributed by atoms with Gasteiger partial charge in [-0.05, 0) is 43.5 Å². The van der Waals surface area contributed by atoms with Crippen molar-refractivity contribution in [2.24, 2.45) is 0 Å². The number of nitrogens with one attached hydrogen (secondary N) is 1. The van der Waals surface area contributed by atoms with Gasteiger partial charge in [0.15, 0.2) is 11.5 Å². The first-order valence-corrected chi connectivity index (χ1v) is 9.95. The van der Waals surface area contributed by atoms with Crippen LogP contribution in [0.3, 0.4) is 0 Å². The number of carbonyl (C=O) groups is 1. The Labute approximate surface area is 169 Å². The molecule has 0 fully saturated rings. The van der Waals surface area contributed by atoms with Gasteiger partial charge in [-0.15, -0.1) is 10.2 Å². The van der Waals surface area contributed by atoms with Crippen molar-refractivity contribution in [3.8, 4) is 17.6 Å². The van der Waals surface area contributed by atoms with Gasteiger partial charge in [0.25, 0.3) is 5.91 Å². The summed E-state index contributed by atoms with van der Waals surface area (Å²) in [6.07, 6.45) is 3.42. The molecule has 0 aliphatic rings. The zero-order chi connectivity index (χ0) is 20.5. The summed E-state index contributed by atoms with van der Waals surface area (Å²) in [6.45, 7) is 6.58. The van der Waals surface area contributed by atoms with Crippen LogP contribution in [0.1, 0.15) is 50.1 Å². The number of nitriles is 1. The van der Waals surface area contributed by atoms with Gasteiger partial charge in [-0.1, -0.05) is 31.3 Å². The minimum Gasteiger partial charge on any atom is -0.493 e. The van der Waals surface area contributed by atoms with Crippen LogP contribution < -0.4 is 14.8 Å². The summed E-state index contributed by atoms with van der Waals surface area (Å²) < 4.78 is 10.8. The van der Waals surface area contributed by atoms with Crippen LogP contribution in [-0.2, 0) is 4.79 Å². The highest BCUT2D eigenvalue weighted by atomic mass is 32.1. The van der Waals surface area contributed by atoms with E-state index in [1.165, 1.54) is 24.5 Å². The summed E-state index contributed by atoms with van der Waals surface area (Å²) in [5.41, 5.74) is 0.618. The Kier molecular flexibility index (Phi) is 7.96. The lowest BCUT2D eigenvalue weighted by Crippen LogP contribution is -2.13. The molecule has 8 heteroatoms. The van der Waals surface area contributed by atoms with Gasteiger partial charge in [-0.2, -0.15) is 5.26 Å². The molecule has 1 heterocycles. The fraction of sp³-hybridized carbons (Fsp3) is 0.400. The van der Waals surface area contributed by atoms with Crippen LogP contribution in [0.5, 0.6) is 11.5 Å².